The van der Waals surface area contributed by atoms with E-state index in [4.69, 9.17) is 9.47 Å². The molecule has 1 aliphatic carbocycles. The van der Waals surface area contributed by atoms with Gasteiger partial charge in [0.1, 0.15) is 5.57 Å². The molecule has 0 aromatic heterocycles. The third-order valence-electron chi connectivity index (χ3n) is 4.56. The van der Waals surface area contributed by atoms with Crippen molar-refractivity contribution in [3.63, 3.8) is 0 Å². The van der Waals surface area contributed by atoms with Crippen LogP contribution in [-0.2, 0) is 9.59 Å². The zero-order chi connectivity index (χ0) is 18.0. The lowest BCUT2D eigenvalue weighted by Crippen LogP contribution is -2.57. The smallest absolute Gasteiger partial charge is 0.331 e. The molecule has 1 heterocycles. The average molecular weight is 344 g/mol. The molecule has 7 nitrogen and oxygen atoms in total. The zero-order valence-electron chi connectivity index (χ0n) is 14.2. The molecule has 0 radical (unpaired) electrons. The van der Waals surface area contributed by atoms with Gasteiger partial charge < -0.3 is 9.47 Å². The van der Waals surface area contributed by atoms with Crippen molar-refractivity contribution < 1.29 is 23.9 Å². The van der Waals surface area contributed by atoms with E-state index in [2.05, 4.69) is 5.32 Å². The molecule has 0 atom stereocenters. The Hall–Kier alpha value is -2.83. The first-order valence-electron chi connectivity index (χ1n) is 8.18. The summed E-state index contributed by atoms with van der Waals surface area (Å²) in [5.41, 5.74) is 0.444. The van der Waals surface area contributed by atoms with Gasteiger partial charge in [0.15, 0.2) is 11.5 Å². The van der Waals surface area contributed by atoms with E-state index in [0.717, 1.165) is 25.7 Å². The molecule has 0 bridgehead atoms. The normalized spacial score (nSPS) is 20.2. The molecule has 1 saturated heterocycles. The summed E-state index contributed by atoms with van der Waals surface area (Å²) in [4.78, 5) is 38.3. The number of methoxy groups -OCH3 is 2. The van der Waals surface area contributed by atoms with Crippen molar-refractivity contribution in [1.29, 1.82) is 0 Å². The number of ether oxygens (including phenoxy) is 2. The van der Waals surface area contributed by atoms with Crippen molar-refractivity contribution in [1.82, 2.24) is 10.2 Å². The Morgan fingerprint density at radius 1 is 1.12 bits per heavy atom. The average Bonchev–Trinajstić information content (AvgIpc) is 3.12. The molecule has 25 heavy (non-hydrogen) atoms. The Bertz CT molecular complexity index is 750. The maximum absolute atomic E-state index is 12.8. The number of amides is 4. The van der Waals surface area contributed by atoms with Gasteiger partial charge in [-0.15, -0.1) is 0 Å². The monoisotopic (exact) mass is 344 g/mol. The minimum Gasteiger partial charge on any atom is -0.493 e. The Labute approximate surface area is 145 Å². The van der Waals surface area contributed by atoms with Crippen LogP contribution in [0.15, 0.2) is 23.8 Å². The number of benzene rings is 1. The van der Waals surface area contributed by atoms with Gasteiger partial charge >= 0.3 is 6.03 Å². The fraction of sp³-hybridized carbons (Fsp3) is 0.389. The Balaban J connectivity index is 2.00. The van der Waals surface area contributed by atoms with E-state index in [1.807, 2.05) is 0 Å². The van der Waals surface area contributed by atoms with Crippen LogP contribution in [0.4, 0.5) is 4.79 Å². The maximum Gasteiger partial charge on any atom is 0.331 e. The summed E-state index contributed by atoms with van der Waals surface area (Å²) in [5, 5.41) is 2.26. The van der Waals surface area contributed by atoms with Gasteiger partial charge in [-0.1, -0.05) is 25.0 Å². The lowest BCUT2D eigenvalue weighted by Gasteiger charge is -2.31. The summed E-state index contributed by atoms with van der Waals surface area (Å²) in [6.45, 7) is 0. The van der Waals surface area contributed by atoms with Gasteiger partial charge in [-0.25, -0.2) is 4.79 Å². The minimum absolute atomic E-state index is 0.0851. The fourth-order valence-corrected chi connectivity index (χ4v) is 3.35. The summed E-state index contributed by atoms with van der Waals surface area (Å²) in [6, 6.07) is 4.37. The molecule has 1 aliphatic heterocycles. The molecule has 0 spiro atoms. The minimum atomic E-state index is -0.700. The third kappa shape index (κ3) is 3.09. The summed E-state index contributed by atoms with van der Waals surface area (Å²) >= 11 is 0. The van der Waals surface area contributed by atoms with Gasteiger partial charge in [-0.3, -0.25) is 19.8 Å². The molecule has 1 aromatic carbocycles. The summed E-state index contributed by atoms with van der Waals surface area (Å²) in [7, 11) is 2.99. The Morgan fingerprint density at radius 3 is 2.48 bits per heavy atom. The first-order chi connectivity index (χ1) is 12.1. The summed E-state index contributed by atoms with van der Waals surface area (Å²) < 4.78 is 10.6. The second kappa shape index (κ2) is 6.96. The zero-order valence-corrected chi connectivity index (χ0v) is 14.2. The number of rotatable bonds is 4. The SMILES string of the molecule is COc1cccc(/C=C2/C(=O)NC(=O)N(C3CCCC3)C2=O)c1OC. The van der Waals surface area contributed by atoms with Crippen LogP contribution in [0, 0.1) is 0 Å². The first-order valence-corrected chi connectivity index (χ1v) is 8.18. The molecule has 2 fully saturated rings. The maximum atomic E-state index is 12.8. The highest BCUT2D eigenvalue weighted by Gasteiger charge is 2.40. The van der Waals surface area contributed by atoms with Gasteiger partial charge in [-0.2, -0.15) is 0 Å². The van der Waals surface area contributed by atoms with Gasteiger partial charge in [0.2, 0.25) is 0 Å². The van der Waals surface area contributed by atoms with Gasteiger partial charge in [0.25, 0.3) is 11.8 Å². The van der Waals surface area contributed by atoms with E-state index >= 15 is 0 Å². The molecule has 1 N–H and O–H groups in total. The number of imide groups is 2. The molecule has 4 amide bonds. The number of para-hydroxylation sites is 1. The Morgan fingerprint density at radius 2 is 1.84 bits per heavy atom. The van der Waals surface area contributed by atoms with Crippen molar-refractivity contribution in [2.75, 3.05) is 14.2 Å². The van der Waals surface area contributed by atoms with Crippen LogP contribution in [0.1, 0.15) is 31.2 Å². The molecule has 7 heteroatoms. The second-order valence-electron chi connectivity index (χ2n) is 6.01. The predicted octanol–water partition coefficient (Wildman–Crippen LogP) is 2.11. The van der Waals surface area contributed by atoms with Crippen molar-refractivity contribution in [2.45, 2.75) is 31.7 Å². The van der Waals surface area contributed by atoms with E-state index in [1.165, 1.54) is 25.2 Å². The van der Waals surface area contributed by atoms with Crippen LogP contribution in [0.25, 0.3) is 6.08 Å². The highest BCUT2D eigenvalue weighted by Crippen LogP contribution is 2.33. The fourth-order valence-electron chi connectivity index (χ4n) is 3.35. The van der Waals surface area contributed by atoms with E-state index < -0.39 is 17.8 Å². The largest absolute Gasteiger partial charge is 0.493 e. The molecular weight excluding hydrogens is 324 g/mol. The van der Waals surface area contributed by atoms with Crippen LogP contribution in [-0.4, -0.2) is 43.0 Å². The molecule has 2 aliphatic rings. The van der Waals surface area contributed by atoms with Crippen molar-refractivity contribution in [3.05, 3.63) is 29.3 Å². The molecule has 0 unspecified atom stereocenters. The second-order valence-corrected chi connectivity index (χ2v) is 6.01. The highest BCUT2D eigenvalue weighted by atomic mass is 16.5. The number of hydrogen-bond acceptors (Lipinski definition) is 5. The van der Waals surface area contributed by atoms with Crippen LogP contribution in [0.3, 0.4) is 0 Å². The highest BCUT2D eigenvalue weighted by molar-refractivity contribution is 6.31. The summed E-state index contributed by atoms with van der Waals surface area (Å²) in [6.07, 6.45) is 4.91. The van der Waals surface area contributed by atoms with E-state index in [9.17, 15) is 14.4 Å². The number of barbiturate groups is 1. The number of nitrogens with one attached hydrogen (secondary N) is 1. The number of urea groups is 1. The first kappa shape index (κ1) is 17.0. The predicted molar refractivity (Wildman–Crippen MR) is 90.2 cm³/mol. The quantitative estimate of drug-likeness (QED) is 0.668. The molecule has 1 aromatic rings. The molecular formula is C18H20N2O5. The lowest BCUT2D eigenvalue weighted by molar-refractivity contribution is -0.131. The van der Waals surface area contributed by atoms with Gasteiger partial charge in [0, 0.05) is 11.6 Å². The third-order valence-corrected chi connectivity index (χ3v) is 4.56. The van der Waals surface area contributed by atoms with Crippen LogP contribution >= 0.6 is 0 Å². The van der Waals surface area contributed by atoms with Crippen molar-refractivity contribution in [3.8, 4) is 11.5 Å². The van der Waals surface area contributed by atoms with Crippen LogP contribution in [0.2, 0.25) is 0 Å². The lowest BCUT2D eigenvalue weighted by atomic mass is 10.0. The van der Waals surface area contributed by atoms with Crippen LogP contribution < -0.4 is 14.8 Å². The van der Waals surface area contributed by atoms with Gasteiger partial charge in [-0.05, 0) is 25.0 Å². The van der Waals surface area contributed by atoms with E-state index in [-0.39, 0.29) is 11.6 Å². The van der Waals surface area contributed by atoms with Gasteiger partial charge in [0.05, 0.1) is 14.2 Å². The topological polar surface area (TPSA) is 84.9 Å². The number of hydrogen-bond donors (Lipinski definition) is 1. The summed E-state index contributed by atoms with van der Waals surface area (Å²) in [5.74, 6) is -0.355. The number of nitrogens with zero attached hydrogens (tertiary/aromatic N) is 1. The molecule has 3 rings (SSSR count). The van der Waals surface area contributed by atoms with E-state index in [1.54, 1.807) is 18.2 Å². The number of carbonyl (C=O) groups excluding carboxylic acids is 3. The van der Waals surface area contributed by atoms with Crippen molar-refractivity contribution >= 4 is 23.9 Å². The standard InChI is InChI=1S/C18H20N2O5/c1-24-14-9-5-6-11(15(14)25-2)10-13-16(21)19-18(23)20(17(13)22)12-7-3-4-8-12/h5-6,9-10,12H,3-4,7-8H2,1-2H3,(H,19,21,23)/b13-10-. The molecule has 1 saturated carbocycles. The molecule has 132 valence electrons. The Kier molecular flexibility index (Phi) is 4.74. The van der Waals surface area contributed by atoms with Crippen molar-refractivity contribution in [2.24, 2.45) is 0 Å². The van der Waals surface area contributed by atoms with E-state index in [0.29, 0.717) is 17.1 Å². The number of carbonyl (C=O) groups is 3. The van der Waals surface area contributed by atoms with Crippen LogP contribution in [0.5, 0.6) is 11.5 Å².